The van der Waals surface area contributed by atoms with Crippen LogP contribution in [-0.4, -0.2) is 31.1 Å². The maximum Gasteiger partial charge on any atom is 0.338 e. The number of anilines is 2. The Bertz CT molecular complexity index is 735. The molecule has 0 bridgehead atoms. The number of hydrogen-bond acceptors (Lipinski definition) is 4. The third-order valence-corrected chi connectivity index (χ3v) is 4.20. The summed E-state index contributed by atoms with van der Waals surface area (Å²) in [6.45, 7) is 9.50. The number of carbonyl (C=O) groups excluding carboxylic acids is 2. The molecule has 0 aliphatic carbocycles. The Kier molecular flexibility index (Phi) is 6.78. The van der Waals surface area contributed by atoms with Gasteiger partial charge in [-0.15, -0.1) is 0 Å². The molecule has 0 spiro atoms. The molecule has 0 heterocycles. The van der Waals surface area contributed by atoms with Gasteiger partial charge in [0.25, 0.3) is 5.91 Å². The molecule has 1 atom stereocenters. The molecule has 26 heavy (non-hydrogen) atoms. The fourth-order valence-electron chi connectivity index (χ4n) is 2.56. The third kappa shape index (κ3) is 5.09. The predicted octanol–water partition coefficient (Wildman–Crippen LogP) is 4.03. The van der Waals surface area contributed by atoms with Gasteiger partial charge in [-0.05, 0) is 64.1 Å². The monoisotopic (exact) mass is 354 g/mol. The minimum absolute atomic E-state index is 0.359. The molecule has 2 aromatic carbocycles. The van der Waals surface area contributed by atoms with Crippen molar-refractivity contribution in [2.75, 3.05) is 23.3 Å². The van der Waals surface area contributed by atoms with E-state index in [1.165, 1.54) is 0 Å². The molecule has 1 N–H and O–H groups in total. The number of aryl methyl sites for hydroxylation is 1. The van der Waals surface area contributed by atoms with E-state index in [0.29, 0.717) is 11.3 Å². The van der Waals surface area contributed by atoms with Gasteiger partial charge in [-0.3, -0.25) is 4.79 Å². The fraction of sp³-hybridized carbons (Fsp3) is 0.333. The molecule has 0 saturated heterocycles. The number of carbonyl (C=O) groups is 2. The van der Waals surface area contributed by atoms with Crippen molar-refractivity contribution in [3.8, 4) is 0 Å². The second-order valence-electron chi connectivity index (χ2n) is 6.12. The van der Waals surface area contributed by atoms with Crippen LogP contribution >= 0.6 is 0 Å². The number of benzene rings is 2. The van der Waals surface area contributed by atoms with E-state index < -0.39 is 12.1 Å². The van der Waals surface area contributed by atoms with Crippen molar-refractivity contribution >= 4 is 23.3 Å². The average molecular weight is 354 g/mol. The molecule has 5 heteroatoms. The number of nitrogens with zero attached hydrogens (tertiary/aromatic N) is 1. The normalized spacial score (nSPS) is 11.5. The summed E-state index contributed by atoms with van der Waals surface area (Å²) in [5, 5.41) is 2.74. The van der Waals surface area contributed by atoms with Crippen molar-refractivity contribution in [1.29, 1.82) is 0 Å². The highest BCUT2D eigenvalue weighted by atomic mass is 16.5. The summed E-state index contributed by atoms with van der Waals surface area (Å²) in [5.41, 5.74) is 3.26. The number of rotatable bonds is 7. The summed E-state index contributed by atoms with van der Waals surface area (Å²) >= 11 is 0. The lowest BCUT2D eigenvalue weighted by molar-refractivity contribution is -0.123. The van der Waals surface area contributed by atoms with E-state index >= 15 is 0 Å². The Morgan fingerprint density at radius 3 is 2.12 bits per heavy atom. The van der Waals surface area contributed by atoms with E-state index in [9.17, 15) is 9.59 Å². The quantitative estimate of drug-likeness (QED) is 0.763. The molecule has 0 aliphatic rings. The molecular formula is C21H26N2O3. The van der Waals surface area contributed by atoms with Crippen LogP contribution in [-0.2, 0) is 9.53 Å². The van der Waals surface area contributed by atoms with E-state index in [4.69, 9.17) is 4.74 Å². The van der Waals surface area contributed by atoms with E-state index in [-0.39, 0.29) is 5.91 Å². The first-order chi connectivity index (χ1) is 12.4. The molecule has 138 valence electrons. The van der Waals surface area contributed by atoms with Gasteiger partial charge in [0.2, 0.25) is 0 Å². The number of ether oxygens (including phenoxy) is 1. The van der Waals surface area contributed by atoms with Crippen LogP contribution in [0.1, 0.15) is 36.7 Å². The zero-order valence-electron chi connectivity index (χ0n) is 15.8. The largest absolute Gasteiger partial charge is 0.449 e. The number of amides is 1. The molecule has 0 saturated carbocycles. The zero-order valence-corrected chi connectivity index (χ0v) is 15.8. The molecule has 0 unspecified atom stereocenters. The van der Waals surface area contributed by atoms with Crippen LogP contribution in [0.2, 0.25) is 0 Å². The highest BCUT2D eigenvalue weighted by Gasteiger charge is 2.19. The van der Waals surface area contributed by atoms with Gasteiger partial charge in [-0.25, -0.2) is 4.79 Å². The van der Waals surface area contributed by atoms with Gasteiger partial charge >= 0.3 is 5.97 Å². The first-order valence-corrected chi connectivity index (χ1v) is 8.88. The van der Waals surface area contributed by atoms with Crippen LogP contribution in [0.5, 0.6) is 0 Å². The van der Waals surface area contributed by atoms with Crippen LogP contribution in [0.4, 0.5) is 11.4 Å². The molecular weight excluding hydrogens is 328 g/mol. The Labute approximate surface area is 155 Å². The SMILES string of the molecule is CCN(CC)c1ccc(C(=O)O[C@@H](C)C(=O)Nc2ccc(C)cc2)cc1. The van der Waals surface area contributed by atoms with Crippen molar-refractivity contribution in [3.63, 3.8) is 0 Å². The Balaban J connectivity index is 1.95. The zero-order chi connectivity index (χ0) is 19.1. The van der Waals surface area contributed by atoms with E-state index in [2.05, 4.69) is 24.1 Å². The van der Waals surface area contributed by atoms with Crippen LogP contribution in [0.3, 0.4) is 0 Å². The first kappa shape index (κ1) is 19.5. The molecule has 2 rings (SSSR count). The Hall–Kier alpha value is -2.82. The molecule has 2 aromatic rings. The van der Waals surface area contributed by atoms with Gasteiger partial charge in [0.1, 0.15) is 0 Å². The van der Waals surface area contributed by atoms with E-state index in [1.54, 1.807) is 19.1 Å². The van der Waals surface area contributed by atoms with Crippen molar-refractivity contribution in [2.24, 2.45) is 0 Å². The van der Waals surface area contributed by atoms with Crippen molar-refractivity contribution < 1.29 is 14.3 Å². The van der Waals surface area contributed by atoms with Crippen molar-refractivity contribution in [2.45, 2.75) is 33.8 Å². The van der Waals surface area contributed by atoms with Crippen molar-refractivity contribution in [3.05, 3.63) is 59.7 Å². The molecule has 0 fully saturated rings. The maximum atomic E-state index is 12.3. The Morgan fingerprint density at radius 1 is 1.00 bits per heavy atom. The predicted molar refractivity (Wildman–Crippen MR) is 105 cm³/mol. The van der Waals surface area contributed by atoms with Gasteiger partial charge in [-0.1, -0.05) is 17.7 Å². The highest BCUT2D eigenvalue weighted by Crippen LogP contribution is 2.16. The molecule has 1 amide bonds. The van der Waals surface area contributed by atoms with Gasteiger partial charge in [0.15, 0.2) is 6.10 Å². The fourth-order valence-corrected chi connectivity index (χ4v) is 2.56. The molecule has 0 aromatic heterocycles. The van der Waals surface area contributed by atoms with Gasteiger partial charge in [-0.2, -0.15) is 0 Å². The van der Waals surface area contributed by atoms with Gasteiger partial charge in [0, 0.05) is 24.5 Å². The molecule has 0 radical (unpaired) electrons. The maximum absolute atomic E-state index is 12.3. The van der Waals surface area contributed by atoms with E-state index in [0.717, 1.165) is 24.3 Å². The summed E-state index contributed by atoms with van der Waals surface area (Å²) in [5.74, 6) is -0.871. The minimum atomic E-state index is -0.883. The summed E-state index contributed by atoms with van der Waals surface area (Å²) < 4.78 is 5.28. The van der Waals surface area contributed by atoms with Crippen molar-refractivity contribution in [1.82, 2.24) is 0 Å². The molecule has 0 aliphatic heterocycles. The standard InChI is InChI=1S/C21H26N2O3/c1-5-23(6-2)19-13-9-17(10-14-19)21(25)26-16(4)20(24)22-18-11-7-15(3)8-12-18/h7-14,16H,5-6H2,1-4H3,(H,22,24)/t16-/m0/s1. The highest BCUT2D eigenvalue weighted by molar-refractivity contribution is 5.97. The topological polar surface area (TPSA) is 58.6 Å². The number of hydrogen-bond donors (Lipinski definition) is 1. The summed E-state index contributed by atoms with van der Waals surface area (Å²) in [7, 11) is 0. The molecule has 5 nitrogen and oxygen atoms in total. The smallest absolute Gasteiger partial charge is 0.338 e. The number of esters is 1. The van der Waals surface area contributed by atoms with Crippen LogP contribution in [0.15, 0.2) is 48.5 Å². The summed E-state index contributed by atoms with van der Waals surface area (Å²) in [6, 6.07) is 14.7. The first-order valence-electron chi connectivity index (χ1n) is 8.88. The lowest BCUT2D eigenvalue weighted by atomic mass is 10.2. The third-order valence-electron chi connectivity index (χ3n) is 4.20. The minimum Gasteiger partial charge on any atom is -0.449 e. The van der Waals surface area contributed by atoms with Gasteiger partial charge in [0.05, 0.1) is 5.56 Å². The Morgan fingerprint density at radius 2 is 1.58 bits per heavy atom. The summed E-state index contributed by atoms with van der Waals surface area (Å²) in [6.07, 6.45) is -0.883. The number of nitrogens with one attached hydrogen (secondary N) is 1. The second-order valence-corrected chi connectivity index (χ2v) is 6.12. The lowest BCUT2D eigenvalue weighted by Crippen LogP contribution is -2.30. The lowest BCUT2D eigenvalue weighted by Gasteiger charge is -2.21. The average Bonchev–Trinajstić information content (AvgIpc) is 2.65. The van der Waals surface area contributed by atoms with Crippen LogP contribution in [0, 0.1) is 6.92 Å². The van der Waals surface area contributed by atoms with E-state index in [1.807, 2.05) is 43.3 Å². The second kappa shape index (κ2) is 9.04. The van der Waals surface area contributed by atoms with Crippen LogP contribution < -0.4 is 10.2 Å². The van der Waals surface area contributed by atoms with Crippen LogP contribution in [0.25, 0.3) is 0 Å². The summed E-state index contributed by atoms with van der Waals surface area (Å²) in [4.78, 5) is 26.6. The van der Waals surface area contributed by atoms with Gasteiger partial charge < -0.3 is 15.0 Å².